The molecule has 0 aromatic heterocycles. The van der Waals surface area contributed by atoms with Crippen molar-refractivity contribution < 1.29 is 59.6 Å². The van der Waals surface area contributed by atoms with Crippen LogP contribution in [0.2, 0.25) is 0 Å². The van der Waals surface area contributed by atoms with Crippen molar-refractivity contribution in [3.05, 3.63) is 0 Å². The van der Waals surface area contributed by atoms with E-state index < -0.39 is 0 Å². The van der Waals surface area contributed by atoms with Crippen LogP contribution in [0.4, 0.5) is 0 Å². The van der Waals surface area contributed by atoms with Crippen LogP contribution in [0.15, 0.2) is 0 Å². The maximum Gasteiger partial charge on any atom is 3.00 e. The summed E-state index contributed by atoms with van der Waals surface area (Å²) in [6, 6.07) is 0. The van der Waals surface area contributed by atoms with Gasteiger partial charge in [0.2, 0.25) is 0 Å². The van der Waals surface area contributed by atoms with E-state index in [2.05, 4.69) is 13.8 Å². The van der Waals surface area contributed by atoms with E-state index in [1.165, 1.54) is 6.42 Å². The van der Waals surface area contributed by atoms with Gasteiger partial charge in [0.15, 0.2) is 0 Å². The molecular weight excluding hydrogens is 235 g/mol. The predicted octanol–water partition coefficient (Wildman–Crippen LogP) is -7.57. The van der Waals surface area contributed by atoms with Gasteiger partial charge in [0.05, 0.1) is 0 Å². The van der Waals surface area contributed by atoms with Crippen LogP contribution in [0.3, 0.4) is 0 Å². The van der Waals surface area contributed by atoms with E-state index in [9.17, 15) is 0 Å². The summed E-state index contributed by atoms with van der Waals surface area (Å²) in [5.74, 6) is 0. The van der Waals surface area contributed by atoms with E-state index in [0.29, 0.717) is 0 Å². The SMILES string of the molecule is CCC.[Cl-].[Cl-].[Cl-].[Nb+3]. The second kappa shape index (κ2) is 48.8. The van der Waals surface area contributed by atoms with Crippen molar-refractivity contribution in [3.8, 4) is 0 Å². The zero-order valence-electron chi connectivity index (χ0n) is 4.29. The molecule has 0 aromatic carbocycles. The third-order valence-electron chi connectivity index (χ3n) is 0. The van der Waals surface area contributed by atoms with Gasteiger partial charge in [-0.2, -0.15) is 0 Å². The largest absolute Gasteiger partial charge is 3.00 e. The van der Waals surface area contributed by atoms with E-state index in [1.54, 1.807) is 0 Å². The van der Waals surface area contributed by atoms with Crippen LogP contribution in [0.25, 0.3) is 0 Å². The molecule has 0 aliphatic heterocycles. The average Bonchev–Trinajstić information content (AvgIpc) is 0.918. The molecule has 0 nitrogen and oxygen atoms in total. The smallest absolute Gasteiger partial charge is 1.00 e. The minimum Gasteiger partial charge on any atom is -1.00 e. The van der Waals surface area contributed by atoms with E-state index in [1.807, 2.05) is 0 Å². The van der Waals surface area contributed by atoms with Gasteiger partial charge in [-0.05, 0) is 0 Å². The molecule has 4 heteroatoms. The Morgan fingerprint density at radius 1 is 0.857 bits per heavy atom. The Bertz CT molecular complexity index is 10.1. The standard InChI is InChI=1S/C3H8.3ClH.Nb/c1-3-2;;;;/h3H2,1-2H3;3*1H;/q;;;;+3/p-3. The zero-order chi connectivity index (χ0) is 2.71. The van der Waals surface area contributed by atoms with Crippen LogP contribution in [-0.4, -0.2) is 0 Å². The molecule has 0 atom stereocenters. The van der Waals surface area contributed by atoms with Crippen LogP contribution in [0.5, 0.6) is 0 Å². The molecule has 0 radical (unpaired) electrons. The van der Waals surface area contributed by atoms with Crippen molar-refractivity contribution in [3.63, 3.8) is 0 Å². The maximum absolute atomic E-state index is 2.12. The number of hydrogen-bond donors (Lipinski definition) is 0. The average molecular weight is 243 g/mol. The Kier molecular flexibility index (Phi) is 267. The van der Waals surface area contributed by atoms with Crippen molar-refractivity contribution >= 4 is 0 Å². The normalized spacial score (nSPS) is 2.57. The quantitative estimate of drug-likeness (QED) is 0.371. The molecule has 46 valence electrons. The molecule has 0 rings (SSSR count). The van der Waals surface area contributed by atoms with Gasteiger partial charge in [-0.15, -0.1) is 0 Å². The van der Waals surface area contributed by atoms with Gasteiger partial charge in [0, 0.05) is 0 Å². The molecule has 0 unspecified atom stereocenters. The fraction of sp³-hybridized carbons (Fsp3) is 1.00. The van der Waals surface area contributed by atoms with Gasteiger partial charge in [0.25, 0.3) is 0 Å². The molecule has 0 aliphatic carbocycles. The van der Waals surface area contributed by atoms with Crippen molar-refractivity contribution in [2.75, 3.05) is 0 Å². The van der Waals surface area contributed by atoms with Gasteiger partial charge in [0.1, 0.15) is 0 Å². The van der Waals surface area contributed by atoms with E-state index in [0.717, 1.165) is 0 Å². The van der Waals surface area contributed by atoms with Crippen LogP contribution < -0.4 is 37.2 Å². The third kappa shape index (κ3) is 92.4. The summed E-state index contributed by atoms with van der Waals surface area (Å²) in [6.45, 7) is 4.25. The summed E-state index contributed by atoms with van der Waals surface area (Å²) >= 11 is 0. The van der Waals surface area contributed by atoms with Crippen LogP contribution in [0.1, 0.15) is 20.3 Å². The zero-order valence-corrected chi connectivity index (χ0v) is 8.75. The van der Waals surface area contributed by atoms with Gasteiger partial charge in [-0.1, -0.05) is 20.3 Å². The molecule has 0 saturated carbocycles. The first-order valence-electron chi connectivity index (χ1n) is 1.41. The van der Waals surface area contributed by atoms with Crippen LogP contribution >= 0.6 is 0 Å². The number of hydrogen-bond acceptors (Lipinski definition) is 0. The Hall–Kier alpha value is 1.61. The first-order valence-corrected chi connectivity index (χ1v) is 1.41. The fourth-order valence-corrected chi connectivity index (χ4v) is 0. The Balaban J connectivity index is -0.00000000333. The fourth-order valence-electron chi connectivity index (χ4n) is 0. The summed E-state index contributed by atoms with van der Waals surface area (Å²) in [4.78, 5) is 0. The van der Waals surface area contributed by atoms with Crippen molar-refractivity contribution in [1.29, 1.82) is 0 Å². The molecule has 0 amide bonds. The minimum atomic E-state index is 0. The first-order chi connectivity index (χ1) is 1.41. The van der Waals surface area contributed by atoms with Gasteiger partial charge in [-0.3, -0.25) is 0 Å². The summed E-state index contributed by atoms with van der Waals surface area (Å²) in [5, 5.41) is 0. The van der Waals surface area contributed by atoms with Gasteiger partial charge >= 0.3 is 22.4 Å². The monoisotopic (exact) mass is 242 g/mol. The number of halogens is 3. The molecule has 0 fully saturated rings. The van der Waals surface area contributed by atoms with E-state index in [-0.39, 0.29) is 59.6 Å². The minimum absolute atomic E-state index is 0. The van der Waals surface area contributed by atoms with E-state index in [4.69, 9.17) is 0 Å². The Morgan fingerprint density at radius 2 is 0.857 bits per heavy atom. The molecule has 0 spiro atoms. The molecule has 0 aromatic rings. The molecule has 0 saturated heterocycles. The predicted molar refractivity (Wildman–Crippen MR) is 16.0 cm³/mol. The van der Waals surface area contributed by atoms with Gasteiger partial charge in [-0.25, -0.2) is 0 Å². The van der Waals surface area contributed by atoms with Crippen LogP contribution in [0, 0.1) is 0 Å². The summed E-state index contributed by atoms with van der Waals surface area (Å²) in [5.41, 5.74) is 0. The first kappa shape index (κ1) is 38.3. The molecule has 0 N–H and O–H groups in total. The summed E-state index contributed by atoms with van der Waals surface area (Å²) in [7, 11) is 0. The third-order valence-corrected chi connectivity index (χ3v) is 0. The Labute approximate surface area is 79.6 Å². The van der Waals surface area contributed by atoms with Crippen molar-refractivity contribution in [2.24, 2.45) is 0 Å². The maximum atomic E-state index is 2.12. The second-order valence-electron chi connectivity index (χ2n) is 0.707. The van der Waals surface area contributed by atoms with Crippen molar-refractivity contribution in [1.82, 2.24) is 0 Å². The van der Waals surface area contributed by atoms with Crippen molar-refractivity contribution in [2.45, 2.75) is 20.3 Å². The molecule has 0 aliphatic rings. The topological polar surface area (TPSA) is 0 Å². The molecule has 0 bridgehead atoms. The molecular formula is C3H8Cl3Nb. The summed E-state index contributed by atoms with van der Waals surface area (Å²) < 4.78 is 0. The summed E-state index contributed by atoms with van der Waals surface area (Å²) in [6.07, 6.45) is 1.25. The molecule has 0 heterocycles. The molecule has 7 heavy (non-hydrogen) atoms. The number of rotatable bonds is 0. The van der Waals surface area contributed by atoms with E-state index >= 15 is 0 Å². The Morgan fingerprint density at radius 3 is 0.857 bits per heavy atom. The second-order valence-corrected chi connectivity index (χ2v) is 0.707. The van der Waals surface area contributed by atoms with Crippen LogP contribution in [-0.2, 0) is 22.4 Å². The van der Waals surface area contributed by atoms with Gasteiger partial charge < -0.3 is 37.2 Å².